The van der Waals surface area contributed by atoms with Crippen LogP contribution in [0.15, 0.2) is 0 Å². The van der Waals surface area contributed by atoms with Gasteiger partial charge in [-0.2, -0.15) is 11.8 Å². The summed E-state index contributed by atoms with van der Waals surface area (Å²) in [5, 5.41) is 9.01. The van der Waals surface area contributed by atoms with Crippen LogP contribution < -0.4 is 0 Å². The molecule has 5 heteroatoms. The number of ether oxygens (including phenoxy) is 2. The van der Waals surface area contributed by atoms with Gasteiger partial charge in [0.1, 0.15) is 0 Å². The van der Waals surface area contributed by atoms with Crippen LogP contribution >= 0.6 is 11.8 Å². The van der Waals surface area contributed by atoms with Gasteiger partial charge in [0, 0.05) is 19.0 Å². The molecule has 1 saturated heterocycles. The van der Waals surface area contributed by atoms with E-state index in [9.17, 15) is 4.79 Å². The van der Waals surface area contributed by atoms with E-state index >= 15 is 0 Å². The molecular weight excluding hydrogens is 228 g/mol. The second-order valence-electron chi connectivity index (χ2n) is 3.84. The van der Waals surface area contributed by atoms with Crippen molar-refractivity contribution in [1.82, 2.24) is 0 Å². The molecule has 1 rings (SSSR count). The Bertz CT molecular complexity index is 204. The summed E-state index contributed by atoms with van der Waals surface area (Å²) in [7, 11) is 0. The van der Waals surface area contributed by atoms with Crippen LogP contribution in [-0.4, -0.2) is 48.5 Å². The summed E-state index contributed by atoms with van der Waals surface area (Å²) in [5.41, 5.74) is 0. The van der Waals surface area contributed by atoms with Gasteiger partial charge in [0.05, 0.1) is 18.6 Å². The first-order valence-electron chi connectivity index (χ1n) is 5.74. The molecule has 1 unspecified atom stereocenters. The Morgan fingerprint density at radius 3 is 2.81 bits per heavy atom. The lowest BCUT2D eigenvalue weighted by Crippen LogP contribution is -2.29. The molecule has 0 aliphatic carbocycles. The molecule has 0 radical (unpaired) electrons. The average molecular weight is 248 g/mol. The van der Waals surface area contributed by atoms with E-state index in [1.54, 1.807) is 11.8 Å². The zero-order chi connectivity index (χ0) is 11.8. The SMILES string of the molecule is CCSCC(COC1CCOCC1)C(=O)O. The molecular formula is C11H20O4S. The number of carboxylic acid groups (broad SMARTS) is 1. The Morgan fingerprint density at radius 2 is 2.25 bits per heavy atom. The molecule has 4 nitrogen and oxygen atoms in total. The Balaban J connectivity index is 2.22. The van der Waals surface area contributed by atoms with Gasteiger partial charge in [-0.1, -0.05) is 6.92 Å². The molecule has 0 aromatic heterocycles. The average Bonchev–Trinajstić information content (AvgIpc) is 2.30. The molecule has 0 aromatic rings. The van der Waals surface area contributed by atoms with Gasteiger partial charge in [0.2, 0.25) is 0 Å². The zero-order valence-corrected chi connectivity index (χ0v) is 10.5. The highest BCUT2D eigenvalue weighted by Gasteiger charge is 2.21. The minimum atomic E-state index is -0.756. The second-order valence-corrected chi connectivity index (χ2v) is 5.16. The van der Waals surface area contributed by atoms with E-state index in [1.165, 1.54) is 0 Å². The van der Waals surface area contributed by atoms with Crippen LogP contribution in [0.4, 0.5) is 0 Å². The molecule has 1 atom stereocenters. The Labute approximate surface area is 101 Å². The normalized spacial score (nSPS) is 19.6. The minimum Gasteiger partial charge on any atom is -0.481 e. The summed E-state index contributed by atoms with van der Waals surface area (Å²) in [6.07, 6.45) is 1.95. The number of rotatable bonds is 7. The van der Waals surface area contributed by atoms with Crippen LogP contribution in [0.5, 0.6) is 0 Å². The third-order valence-electron chi connectivity index (χ3n) is 2.57. The van der Waals surface area contributed by atoms with E-state index < -0.39 is 5.97 Å². The largest absolute Gasteiger partial charge is 0.481 e. The molecule has 94 valence electrons. The molecule has 0 spiro atoms. The predicted molar refractivity (Wildman–Crippen MR) is 63.9 cm³/mol. The van der Waals surface area contributed by atoms with Gasteiger partial charge >= 0.3 is 5.97 Å². The summed E-state index contributed by atoms with van der Waals surface area (Å²) in [5.74, 6) is 0.441. The predicted octanol–water partition coefficient (Wildman–Crippen LogP) is 1.64. The van der Waals surface area contributed by atoms with Crippen molar-refractivity contribution in [2.75, 3.05) is 31.3 Å². The van der Waals surface area contributed by atoms with Crippen molar-refractivity contribution < 1.29 is 19.4 Å². The van der Waals surface area contributed by atoms with Crippen LogP contribution in [0.1, 0.15) is 19.8 Å². The Morgan fingerprint density at radius 1 is 1.56 bits per heavy atom. The third kappa shape index (κ3) is 5.18. The molecule has 1 fully saturated rings. The molecule has 1 N–H and O–H groups in total. The summed E-state index contributed by atoms with van der Waals surface area (Å²) in [4.78, 5) is 11.0. The molecule has 16 heavy (non-hydrogen) atoms. The minimum absolute atomic E-state index is 0.183. The molecule has 0 amide bonds. The van der Waals surface area contributed by atoms with E-state index in [-0.39, 0.29) is 12.0 Å². The van der Waals surface area contributed by atoms with Crippen molar-refractivity contribution >= 4 is 17.7 Å². The van der Waals surface area contributed by atoms with Gasteiger partial charge in [-0.3, -0.25) is 4.79 Å². The van der Waals surface area contributed by atoms with Gasteiger partial charge in [-0.15, -0.1) is 0 Å². The van der Waals surface area contributed by atoms with Crippen molar-refractivity contribution in [3.05, 3.63) is 0 Å². The third-order valence-corrected chi connectivity index (χ3v) is 3.62. The van der Waals surface area contributed by atoms with E-state index in [0.29, 0.717) is 12.4 Å². The number of carbonyl (C=O) groups is 1. The van der Waals surface area contributed by atoms with E-state index in [0.717, 1.165) is 31.8 Å². The lowest BCUT2D eigenvalue weighted by Gasteiger charge is -2.23. The van der Waals surface area contributed by atoms with Gasteiger partial charge < -0.3 is 14.6 Å². The molecule has 0 aromatic carbocycles. The topological polar surface area (TPSA) is 55.8 Å². The first-order chi connectivity index (χ1) is 7.74. The quantitative estimate of drug-likeness (QED) is 0.742. The van der Waals surface area contributed by atoms with Crippen LogP contribution in [0.3, 0.4) is 0 Å². The molecule has 1 heterocycles. The summed E-state index contributed by atoms with van der Waals surface area (Å²) in [6, 6.07) is 0. The van der Waals surface area contributed by atoms with Crippen molar-refractivity contribution in [3.63, 3.8) is 0 Å². The van der Waals surface area contributed by atoms with E-state index in [4.69, 9.17) is 14.6 Å². The molecule has 1 aliphatic rings. The zero-order valence-electron chi connectivity index (χ0n) is 9.68. The standard InChI is InChI=1S/C11H20O4S/c1-2-16-8-9(11(12)13)7-15-10-3-5-14-6-4-10/h9-10H,2-8H2,1H3,(H,12,13). The lowest BCUT2D eigenvalue weighted by molar-refractivity contribution is -0.144. The maximum Gasteiger partial charge on any atom is 0.309 e. The number of hydrogen-bond donors (Lipinski definition) is 1. The van der Waals surface area contributed by atoms with Gasteiger partial charge in [-0.25, -0.2) is 0 Å². The molecule has 0 bridgehead atoms. The second kappa shape index (κ2) is 7.92. The highest BCUT2D eigenvalue weighted by atomic mass is 32.2. The first kappa shape index (κ1) is 13.8. The number of thioether (sulfide) groups is 1. The van der Waals surface area contributed by atoms with Crippen LogP contribution in [0.25, 0.3) is 0 Å². The first-order valence-corrected chi connectivity index (χ1v) is 6.89. The van der Waals surface area contributed by atoms with Crippen molar-refractivity contribution in [2.24, 2.45) is 5.92 Å². The van der Waals surface area contributed by atoms with Crippen LogP contribution in [0.2, 0.25) is 0 Å². The van der Waals surface area contributed by atoms with E-state index in [1.807, 2.05) is 6.92 Å². The fourth-order valence-corrected chi connectivity index (χ4v) is 2.30. The maximum absolute atomic E-state index is 11.0. The molecule has 1 aliphatic heterocycles. The fourth-order valence-electron chi connectivity index (χ4n) is 1.55. The van der Waals surface area contributed by atoms with Gasteiger partial charge in [0.25, 0.3) is 0 Å². The Kier molecular flexibility index (Phi) is 6.84. The fraction of sp³-hybridized carbons (Fsp3) is 0.909. The lowest BCUT2D eigenvalue weighted by atomic mass is 10.1. The highest BCUT2D eigenvalue weighted by molar-refractivity contribution is 7.99. The van der Waals surface area contributed by atoms with Crippen LogP contribution in [-0.2, 0) is 14.3 Å². The number of hydrogen-bond acceptors (Lipinski definition) is 4. The molecule has 0 saturated carbocycles. The van der Waals surface area contributed by atoms with Gasteiger partial charge in [-0.05, 0) is 18.6 Å². The monoisotopic (exact) mass is 248 g/mol. The number of carboxylic acids is 1. The summed E-state index contributed by atoms with van der Waals surface area (Å²) >= 11 is 1.65. The van der Waals surface area contributed by atoms with E-state index in [2.05, 4.69) is 0 Å². The van der Waals surface area contributed by atoms with Gasteiger partial charge in [0.15, 0.2) is 0 Å². The summed E-state index contributed by atoms with van der Waals surface area (Å²) < 4.78 is 10.8. The van der Waals surface area contributed by atoms with Crippen LogP contribution in [0, 0.1) is 5.92 Å². The van der Waals surface area contributed by atoms with Crippen molar-refractivity contribution in [1.29, 1.82) is 0 Å². The highest BCUT2D eigenvalue weighted by Crippen LogP contribution is 2.14. The Hall–Kier alpha value is -0.260. The van der Waals surface area contributed by atoms with Crippen molar-refractivity contribution in [2.45, 2.75) is 25.9 Å². The number of aliphatic carboxylic acids is 1. The maximum atomic E-state index is 11.0. The smallest absolute Gasteiger partial charge is 0.309 e. The summed E-state index contributed by atoms with van der Waals surface area (Å²) in [6.45, 7) is 3.81. The van der Waals surface area contributed by atoms with Crippen molar-refractivity contribution in [3.8, 4) is 0 Å².